The van der Waals surface area contributed by atoms with Crippen LogP contribution < -0.4 is 29.6 Å². The summed E-state index contributed by atoms with van der Waals surface area (Å²) in [4.78, 5) is 4.34. The Hall–Kier alpha value is -3.09. The van der Waals surface area contributed by atoms with Crippen LogP contribution in [0.5, 0.6) is 23.0 Å². The van der Waals surface area contributed by atoms with Gasteiger partial charge in [0.05, 0.1) is 27.4 Å². The molecule has 3 rings (SSSR count). The molecule has 0 aromatic heterocycles. The largest absolute Gasteiger partial charge is 0.497 e. The Bertz CT molecular complexity index is 879. The second kappa shape index (κ2) is 11.3. The van der Waals surface area contributed by atoms with Crippen LogP contribution in [0.2, 0.25) is 0 Å². The van der Waals surface area contributed by atoms with Crippen LogP contribution in [-0.2, 0) is 13.1 Å². The first-order chi connectivity index (χ1) is 15.2. The van der Waals surface area contributed by atoms with E-state index in [1.807, 2.05) is 30.3 Å². The second-order valence-electron chi connectivity index (χ2n) is 7.43. The van der Waals surface area contributed by atoms with Crippen molar-refractivity contribution in [1.29, 1.82) is 0 Å². The molecule has 0 radical (unpaired) electrons. The summed E-state index contributed by atoms with van der Waals surface area (Å²) in [5.74, 6) is 3.79. The Morgan fingerprint density at radius 1 is 0.903 bits per heavy atom. The minimum Gasteiger partial charge on any atom is -0.497 e. The lowest BCUT2D eigenvalue weighted by molar-refractivity contribution is 0.198. The van der Waals surface area contributed by atoms with Gasteiger partial charge in [-0.25, -0.2) is 0 Å². The highest BCUT2D eigenvalue weighted by molar-refractivity contribution is 5.79. The van der Waals surface area contributed by atoms with Gasteiger partial charge in [0.25, 0.3) is 0 Å². The number of aliphatic imine (C=N–C) groups is 1. The zero-order valence-corrected chi connectivity index (χ0v) is 18.9. The summed E-state index contributed by atoms with van der Waals surface area (Å²) >= 11 is 0. The summed E-state index contributed by atoms with van der Waals surface area (Å²) in [6.07, 6.45) is 4.89. The Morgan fingerprint density at radius 2 is 1.61 bits per heavy atom. The quantitative estimate of drug-likeness (QED) is 0.467. The highest BCUT2D eigenvalue weighted by Gasteiger charge is 2.20. The van der Waals surface area contributed by atoms with E-state index in [2.05, 4.69) is 21.7 Å². The van der Waals surface area contributed by atoms with Crippen molar-refractivity contribution >= 4 is 5.96 Å². The highest BCUT2D eigenvalue weighted by Crippen LogP contribution is 2.34. The molecule has 0 unspecified atom stereocenters. The van der Waals surface area contributed by atoms with Gasteiger partial charge in [-0.15, -0.1) is 0 Å². The fourth-order valence-electron chi connectivity index (χ4n) is 3.74. The zero-order chi connectivity index (χ0) is 22.1. The van der Waals surface area contributed by atoms with Gasteiger partial charge in [-0.1, -0.05) is 12.1 Å². The highest BCUT2D eigenvalue weighted by atomic mass is 16.5. The molecule has 1 fully saturated rings. The van der Waals surface area contributed by atoms with Crippen molar-refractivity contribution in [2.45, 2.75) is 44.9 Å². The molecule has 0 bridgehead atoms. The smallest absolute Gasteiger partial charge is 0.191 e. The normalized spacial score (nSPS) is 14.3. The molecule has 0 aliphatic heterocycles. The van der Waals surface area contributed by atoms with Crippen LogP contribution in [0.4, 0.5) is 0 Å². The predicted octanol–water partition coefficient (Wildman–Crippen LogP) is 3.90. The summed E-state index contributed by atoms with van der Waals surface area (Å²) in [5, 5.41) is 6.71. The molecule has 1 aliphatic carbocycles. The summed E-state index contributed by atoms with van der Waals surface area (Å²) in [6, 6.07) is 11.7. The Balaban J connectivity index is 1.64. The molecule has 1 aliphatic rings. The maximum Gasteiger partial charge on any atom is 0.191 e. The maximum atomic E-state index is 6.32. The predicted molar refractivity (Wildman–Crippen MR) is 122 cm³/mol. The van der Waals surface area contributed by atoms with Crippen LogP contribution in [0.1, 0.15) is 36.8 Å². The molecule has 2 aromatic carbocycles. The molecule has 0 saturated heterocycles. The molecule has 0 amide bonds. The summed E-state index contributed by atoms with van der Waals surface area (Å²) < 4.78 is 22.6. The van der Waals surface area contributed by atoms with Crippen LogP contribution >= 0.6 is 0 Å². The minimum atomic E-state index is 0.259. The van der Waals surface area contributed by atoms with Gasteiger partial charge in [-0.2, -0.15) is 0 Å². The molecule has 168 valence electrons. The first kappa shape index (κ1) is 22.6. The van der Waals surface area contributed by atoms with Gasteiger partial charge in [-0.3, -0.25) is 4.99 Å². The number of para-hydroxylation sites is 1. The van der Waals surface area contributed by atoms with E-state index >= 15 is 0 Å². The average Bonchev–Trinajstić information content (AvgIpc) is 3.33. The van der Waals surface area contributed by atoms with Crippen molar-refractivity contribution in [2.75, 3.05) is 28.4 Å². The van der Waals surface area contributed by atoms with Crippen LogP contribution in [0.3, 0.4) is 0 Å². The van der Waals surface area contributed by atoms with Crippen molar-refractivity contribution in [2.24, 2.45) is 4.99 Å². The van der Waals surface area contributed by atoms with Crippen molar-refractivity contribution in [3.05, 3.63) is 47.5 Å². The number of hydrogen-bond acceptors (Lipinski definition) is 5. The molecular weight excluding hydrogens is 394 g/mol. The molecule has 7 heteroatoms. The average molecular weight is 428 g/mol. The number of nitrogens with zero attached hydrogens (tertiary/aromatic N) is 1. The monoisotopic (exact) mass is 427 g/mol. The van der Waals surface area contributed by atoms with Gasteiger partial charge in [0, 0.05) is 37.3 Å². The summed E-state index contributed by atoms with van der Waals surface area (Å²) in [7, 11) is 6.72. The van der Waals surface area contributed by atoms with E-state index in [-0.39, 0.29) is 6.10 Å². The summed E-state index contributed by atoms with van der Waals surface area (Å²) in [6.45, 7) is 1.13. The van der Waals surface area contributed by atoms with Gasteiger partial charge in [0.1, 0.15) is 11.5 Å². The van der Waals surface area contributed by atoms with Crippen molar-refractivity contribution in [3.63, 3.8) is 0 Å². The molecule has 31 heavy (non-hydrogen) atoms. The Labute approximate surface area is 184 Å². The first-order valence-corrected chi connectivity index (χ1v) is 10.7. The lowest BCUT2D eigenvalue weighted by Crippen LogP contribution is -2.36. The van der Waals surface area contributed by atoms with E-state index in [1.54, 1.807) is 28.4 Å². The fourth-order valence-corrected chi connectivity index (χ4v) is 3.74. The number of ether oxygens (including phenoxy) is 4. The lowest BCUT2D eigenvalue weighted by atomic mass is 10.1. The van der Waals surface area contributed by atoms with Gasteiger partial charge in [-0.05, 0) is 43.9 Å². The van der Waals surface area contributed by atoms with Gasteiger partial charge < -0.3 is 29.6 Å². The molecule has 2 aromatic rings. The van der Waals surface area contributed by atoms with E-state index in [4.69, 9.17) is 18.9 Å². The van der Waals surface area contributed by atoms with E-state index in [0.717, 1.165) is 47.0 Å². The minimum absolute atomic E-state index is 0.259. The number of rotatable bonds is 9. The van der Waals surface area contributed by atoms with E-state index in [9.17, 15) is 0 Å². The first-order valence-electron chi connectivity index (χ1n) is 10.7. The van der Waals surface area contributed by atoms with Gasteiger partial charge in [0.2, 0.25) is 0 Å². The number of nitrogens with one attached hydrogen (secondary N) is 2. The third-order valence-electron chi connectivity index (χ3n) is 5.48. The number of benzene rings is 2. The van der Waals surface area contributed by atoms with E-state index in [0.29, 0.717) is 19.0 Å². The molecule has 2 N–H and O–H groups in total. The molecule has 1 saturated carbocycles. The van der Waals surface area contributed by atoms with Gasteiger partial charge in [0.15, 0.2) is 17.5 Å². The lowest BCUT2D eigenvalue weighted by Gasteiger charge is -2.20. The topological polar surface area (TPSA) is 73.3 Å². The number of methoxy groups -OCH3 is 3. The summed E-state index contributed by atoms with van der Waals surface area (Å²) in [5.41, 5.74) is 2.05. The second-order valence-corrected chi connectivity index (χ2v) is 7.43. The SMILES string of the molecule is CN=C(NCc1ccc(OC)cc1OC)NCc1cccc(OC)c1OC1CCCC1. The van der Waals surface area contributed by atoms with Crippen LogP contribution in [-0.4, -0.2) is 40.4 Å². The van der Waals surface area contributed by atoms with E-state index in [1.165, 1.54) is 12.8 Å². The zero-order valence-electron chi connectivity index (χ0n) is 18.9. The molecule has 0 heterocycles. The molecule has 0 atom stereocenters. The van der Waals surface area contributed by atoms with Crippen molar-refractivity contribution < 1.29 is 18.9 Å². The number of guanidine groups is 1. The standard InChI is InChI=1S/C24H33N3O4/c1-25-24(26-15-17-12-13-20(28-2)14-22(17)30-4)27-16-18-8-7-11-21(29-3)23(18)31-19-9-5-6-10-19/h7-8,11-14,19H,5-6,9-10,15-16H2,1-4H3,(H2,25,26,27). The van der Waals surface area contributed by atoms with Gasteiger partial charge >= 0.3 is 0 Å². The maximum absolute atomic E-state index is 6.32. The van der Waals surface area contributed by atoms with Crippen LogP contribution in [0, 0.1) is 0 Å². The molecule has 7 nitrogen and oxygen atoms in total. The third-order valence-corrected chi connectivity index (χ3v) is 5.48. The van der Waals surface area contributed by atoms with Crippen molar-refractivity contribution in [1.82, 2.24) is 10.6 Å². The number of hydrogen-bond donors (Lipinski definition) is 2. The fraction of sp³-hybridized carbons (Fsp3) is 0.458. The Kier molecular flexibility index (Phi) is 8.27. The van der Waals surface area contributed by atoms with Crippen molar-refractivity contribution in [3.8, 4) is 23.0 Å². The Morgan fingerprint density at radius 3 is 2.26 bits per heavy atom. The molecule has 0 spiro atoms. The third kappa shape index (κ3) is 5.96. The van der Waals surface area contributed by atoms with Crippen LogP contribution in [0.15, 0.2) is 41.4 Å². The van der Waals surface area contributed by atoms with E-state index < -0.39 is 0 Å². The molecular formula is C24H33N3O4. The van der Waals surface area contributed by atoms with Crippen LogP contribution in [0.25, 0.3) is 0 Å².